The van der Waals surface area contributed by atoms with E-state index in [9.17, 15) is 4.79 Å². The van der Waals surface area contributed by atoms with Crippen molar-refractivity contribution in [2.24, 2.45) is 5.92 Å². The Balaban J connectivity index is 0.00000242. The molecule has 1 saturated heterocycles. The van der Waals surface area contributed by atoms with Gasteiger partial charge in [0.2, 0.25) is 5.91 Å². The average molecular weight is 366 g/mol. The summed E-state index contributed by atoms with van der Waals surface area (Å²) in [6.45, 7) is 5.05. The molecule has 0 bridgehead atoms. The van der Waals surface area contributed by atoms with Gasteiger partial charge in [0.15, 0.2) is 0 Å². The number of amides is 1. The Kier molecular flexibility index (Phi) is 7.98. The van der Waals surface area contributed by atoms with E-state index in [2.05, 4.69) is 17.6 Å². The molecule has 1 aliphatic heterocycles. The summed E-state index contributed by atoms with van der Waals surface area (Å²) in [5, 5.41) is 7.78. The highest BCUT2D eigenvalue weighted by atomic mass is 35.5. The summed E-state index contributed by atoms with van der Waals surface area (Å²) >= 11 is 12.1. The van der Waals surface area contributed by atoms with Crippen LogP contribution in [0.4, 0.5) is 0 Å². The van der Waals surface area contributed by atoms with Crippen LogP contribution in [0.25, 0.3) is 0 Å². The van der Waals surface area contributed by atoms with Gasteiger partial charge in [-0.2, -0.15) is 0 Å². The van der Waals surface area contributed by atoms with E-state index >= 15 is 0 Å². The van der Waals surface area contributed by atoms with E-state index in [1.54, 1.807) is 6.07 Å². The molecule has 0 aliphatic carbocycles. The number of rotatable bonds is 4. The molecule has 3 nitrogen and oxygen atoms in total. The van der Waals surface area contributed by atoms with Crippen LogP contribution in [-0.2, 0) is 11.2 Å². The van der Waals surface area contributed by atoms with Gasteiger partial charge in [0.05, 0.1) is 0 Å². The minimum Gasteiger partial charge on any atom is -0.353 e. The lowest BCUT2D eigenvalue weighted by Gasteiger charge is -2.29. The van der Waals surface area contributed by atoms with E-state index in [0.717, 1.165) is 24.9 Å². The molecule has 1 aliphatic rings. The number of carbonyl (C=O) groups excluding carboxylic acids is 1. The predicted molar refractivity (Wildman–Crippen MR) is 95.2 cm³/mol. The predicted octanol–water partition coefficient (Wildman–Crippen LogP) is 3.85. The number of halogens is 3. The molecule has 0 aromatic heterocycles. The smallest absolute Gasteiger partial charge is 0.223 e. The highest BCUT2D eigenvalue weighted by Gasteiger charge is 2.22. The lowest BCUT2D eigenvalue weighted by molar-refractivity contribution is -0.125. The molecule has 1 aromatic carbocycles. The maximum atomic E-state index is 12.3. The fourth-order valence-electron chi connectivity index (χ4n) is 2.72. The fraction of sp³-hybridized carbons (Fsp3) is 0.562. The van der Waals surface area contributed by atoms with Crippen LogP contribution in [0.15, 0.2) is 18.2 Å². The minimum atomic E-state index is -0.103. The van der Waals surface area contributed by atoms with Gasteiger partial charge in [-0.3, -0.25) is 4.79 Å². The van der Waals surface area contributed by atoms with Crippen LogP contribution >= 0.6 is 35.6 Å². The second-order valence-electron chi connectivity index (χ2n) is 5.93. The summed E-state index contributed by atoms with van der Waals surface area (Å²) in [5.41, 5.74) is 0.961. The Morgan fingerprint density at radius 1 is 1.45 bits per heavy atom. The van der Waals surface area contributed by atoms with Crippen molar-refractivity contribution in [3.63, 3.8) is 0 Å². The maximum absolute atomic E-state index is 12.3. The Bertz CT molecular complexity index is 510. The van der Waals surface area contributed by atoms with Gasteiger partial charge in [-0.25, -0.2) is 0 Å². The number of carbonyl (C=O) groups is 1. The molecule has 2 rings (SSSR count). The second-order valence-corrected chi connectivity index (χ2v) is 6.77. The molecule has 1 heterocycles. The molecule has 0 radical (unpaired) electrons. The topological polar surface area (TPSA) is 41.1 Å². The van der Waals surface area contributed by atoms with E-state index < -0.39 is 0 Å². The van der Waals surface area contributed by atoms with E-state index in [1.165, 1.54) is 0 Å². The van der Waals surface area contributed by atoms with E-state index in [4.69, 9.17) is 23.2 Å². The summed E-state index contributed by atoms with van der Waals surface area (Å²) in [6.07, 6.45) is 2.60. The van der Waals surface area contributed by atoms with Gasteiger partial charge in [-0.1, -0.05) is 36.2 Å². The zero-order valence-electron chi connectivity index (χ0n) is 12.9. The molecular formula is C16H23Cl3N2O. The summed E-state index contributed by atoms with van der Waals surface area (Å²) in [5.74, 6) is -0.00557. The number of piperidine rings is 1. The Morgan fingerprint density at radius 2 is 2.18 bits per heavy atom. The number of hydrogen-bond donors (Lipinski definition) is 2. The lowest BCUT2D eigenvalue weighted by atomic mass is 9.97. The second kappa shape index (κ2) is 8.97. The summed E-state index contributed by atoms with van der Waals surface area (Å²) in [7, 11) is 0. The highest BCUT2D eigenvalue weighted by Crippen LogP contribution is 2.23. The first-order valence-corrected chi connectivity index (χ1v) is 8.19. The third kappa shape index (κ3) is 5.62. The Labute approximate surface area is 148 Å². The van der Waals surface area contributed by atoms with Gasteiger partial charge >= 0.3 is 0 Å². The zero-order chi connectivity index (χ0) is 15.4. The first kappa shape index (κ1) is 19.6. The van der Waals surface area contributed by atoms with Gasteiger partial charge in [0.1, 0.15) is 0 Å². The van der Waals surface area contributed by atoms with Crippen molar-refractivity contribution in [2.75, 3.05) is 6.54 Å². The molecule has 1 amide bonds. The standard InChI is InChI=1S/C16H22Cl2N2O.ClH/c1-10(7-12-3-4-13(17)9-15(12)18)16(21)20-14-5-6-19-11(2)8-14;/h3-4,9-11,14,19H,5-8H2,1-2H3,(H,20,21);1H. The van der Waals surface area contributed by atoms with Gasteiger partial charge in [0, 0.05) is 28.0 Å². The molecule has 2 N–H and O–H groups in total. The molecular weight excluding hydrogens is 343 g/mol. The van der Waals surface area contributed by atoms with E-state index in [-0.39, 0.29) is 30.3 Å². The van der Waals surface area contributed by atoms with Crippen LogP contribution in [-0.4, -0.2) is 24.5 Å². The molecule has 3 unspecified atom stereocenters. The quantitative estimate of drug-likeness (QED) is 0.851. The maximum Gasteiger partial charge on any atom is 0.223 e. The first-order valence-electron chi connectivity index (χ1n) is 7.43. The average Bonchev–Trinajstić information content (AvgIpc) is 2.41. The molecule has 0 spiro atoms. The first-order chi connectivity index (χ1) is 9.95. The third-order valence-corrected chi connectivity index (χ3v) is 4.55. The van der Waals surface area contributed by atoms with Gasteiger partial charge in [0.25, 0.3) is 0 Å². The molecule has 1 aromatic rings. The zero-order valence-corrected chi connectivity index (χ0v) is 15.2. The van der Waals surface area contributed by atoms with Crippen LogP contribution in [0.2, 0.25) is 10.0 Å². The van der Waals surface area contributed by atoms with Crippen molar-refractivity contribution in [2.45, 2.75) is 45.2 Å². The minimum absolute atomic E-state index is 0. The van der Waals surface area contributed by atoms with Crippen LogP contribution in [0.1, 0.15) is 32.3 Å². The van der Waals surface area contributed by atoms with Crippen molar-refractivity contribution in [3.8, 4) is 0 Å². The van der Waals surface area contributed by atoms with Crippen LogP contribution < -0.4 is 10.6 Å². The SMILES string of the molecule is CC1CC(NC(=O)C(C)Cc2ccc(Cl)cc2Cl)CCN1.Cl. The molecule has 124 valence electrons. The summed E-state index contributed by atoms with van der Waals surface area (Å²) in [6, 6.07) is 6.16. The van der Waals surface area contributed by atoms with Crippen LogP contribution in [0.3, 0.4) is 0 Å². The molecule has 22 heavy (non-hydrogen) atoms. The van der Waals surface area contributed by atoms with Gasteiger partial charge in [-0.05, 0) is 50.4 Å². The lowest BCUT2D eigenvalue weighted by Crippen LogP contribution is -2.48. The normalized spacial score (nSPS) is 22.5. The molecule has 3 atom stereocenters. The van der Waals surface area contributed by atoms with Crippen molar-refractivity contribution in [3.05, 3.63) is 33.8 Å². The molecule has 6 heteroatoms. The van der Waals surface area contributed by atoms with E-state index in [1.807, 2.05) is 19.1 Å². The van der Waals surface area contributed by atoms with Crippen molar-refractivity contribution in [1.29, 1.82) is 0 Å². The third-order valence-electron chi connectivity index (χ3n) is 3.96. The monoisotopic (exact) mass is 364 g/mol. The van der Waals surface area contributed by atoms with Crippen molar-refractivity contribution in [1.82, 2.24) is 10.6 Å². The number of hydrogen-bond acceptors (Lipinski definition) is 2. The Morgan fingerprint density at radius 3 is 2.82 bits per heavy atom. The van der Waals surface area contributed by atoms with Crippen LogP contribution in [0, 0.1) is 5.92 Å². The molecule has 1 fully saturated rings. The Hall–Kier alpha value is -0.480. The van der Waals surface area contributed by atoms with E-state index in [0.29, 0.717) is 22.5 Å². The van der Waals surface area contributed by atoms with Crippen molar-refractivity contribution >= 4 is 41.5 Å². The number of benzene rings is 1. The largest absolute Gasteiger partial charge is 0.353 e. The van der Waals surface area contributed by atoms with Gasteiger partial charge < -0.3 is 10.6 Å². The summed E-state index contributed by atoms with van der Waals surface area (Å²) in [4.78, 5) is 12.3. The van der Waals surface area contributed by atoms with Gasteiger partial charge in [-0.15, -0.1) is 12.4 Å². The van der Waals surface area contributed by atoms with Crippen LogP contribution in [0.5, 0.6) is 0 Å². The highest BCUT2D eigenvalue weighted by molar-refractivity contribution is 6.35. The summed E-state index contributed by atoms with van der Waals surface area (Å²) < 4.78 is 0. The van der Waals surface area contributed by atoms with Crippen molar-refractivity contribution < 1.29 is 4.79 Å². The fourth-order valence-corrected chi connectivity index (χ4v) is 3.20. The number of nitrogens with one attached hydrogen (secondary N) is 2. The molecule has 0 saturated carbocycles.